The topological polar surface area (TPSA) is 62.6 Å². The lowest BCUT2D eigenvalue weighted by atomic mass is 10.3. The molecular formula is C16H27N3O3S. The summed E-state index contributed by atoms with van der Waals surface area (Å²) in [4.78, 5) is 14.1. The molecule has 1 aromatic heterocycles. The average Bonchev–Trinajstić information content (AvgIpc) is 2.83. The first-order valence-corrected chi connectivity index (χ1v) is 9.63. The number of nitrogens with zero attached hydrogens (tertiary/aromatic N) is 3. The Morgan fingerprint density at radius 2 is 1.61 bits per heavy atom. The lowest BCUT2D eigenvalue weighted by molar-refractivity contribution is -0.132. The zero-order valence-corrected chi connectivity index (χ0v) is 15.3. The summed E-state index contributed by atoms with van der Waals surface area (Å²) < 4.78 is 27.9. The maximum atomic E-state index is 12.4. The quantitative estimate of drug-likeness (QED) is 0.813. The van der Waals surface area contributed by atoms with Crippen LogP contribution in [-0.4, -0.2) is 59.5 Å². The standard InChI is InChI=1S/C16H27N3O3S/c1-13(2)23(21,22)18-11-9-17(10-12-18)16(20)7-8-19-14(3)5-6-15(19)4/h5-6,13H,7-12H2,1-4H3. The minimum atomic E-state index is -3.22. The highest BCUT2D eigenvalue weighted by Crippen LogP contribution is 2.14. The molecule has 23 heavy (non-hydrogen) atoms. The van der Waals surface area contributed by atoms with Crippen LogP contribution in [0.4, 0.5) is 0 Å². The maximum Gasteiger partial charge on any atom is 0.224 e. The van der Waals surface area contributed by atoms with Crippen LogP contribution in [0.25, 0.3) is 0 Å². The molecule has 1 aliphatic heterocycles. The van der Waals surface area contributed by atoms with Gasteiger partial charge >= 0.3 is 0 Å². The first-order chi connectivity index (χ1) is 10.7. The number of amides is 1. The van der Waals surface area contributed by atoms with E-state index in [1.807, 2.05) is 13.8 Å². The van der Waals surface area contributed by atoms with E-state index in [2.05, 4.69) is 16.7 Å². The summed E-state index contributed by atoms with van der Waals surface area (Å²) >= 11 is 0. The molecule has 1 aromatic rings. The molecule has 2 heterocycles. The molecule has 0 bridgehead atoms. The number of carbonyl (C=O) groups excluding carboxylic acids is 1. The largest absolute Gasteiger partial charge is 0.349 e. The number of rotatable bonds is 5. The number of hydrogen-bond acceptors (Lipinski definition) is 3. The Hall–Kier alpha value is -1.34. The smallest absolute Gasteiger partial charge is 0.224 e. The van der Waals surface area contributed by atoms with Gasteiger partial charge in [-0.1, -0.05) is 0 Å². The minimum Gasteiger partial charge on any atom is -0.349 e. The van der Waals surface area contributed by atoms with Gasteiger partial charge in [-0.05, 0) is 39.8 Å². The second kappa shape index (κ2) is 7.05. The summed E-state index contributed by atoms with van der Waals surface area (Å²) in [6.45, 7) is 9.88. The molecule has 0 aliphatic carbocycles. The van der Waals surface area contributed by atoms with Crippen molar-refractivity contribution >= 4 is 15.9 Å². The highest BCUT2D eigenvalue weighted by atomic mass is 32.2. The summed E-state index contributed by atoms with van der Waals surface area (Å²) in [6, 6.07) is 4.10. The Labute approximate surface area is 139 Å². The van der Waals surface area contributed by atoms with Gasteiger partial charge in [0.15, 0.2) is 0 Å². The van der Waals surface area contributed by atoms with Gasteiger partial charge in [0.05, 0.1) is 5.25 Å². The zero-order chi connectivity index (χ0) is 17.2. The fourth-order valence-electron chi connectivity index (χ4n) is 2.91. The second-order valence-corrected chi connectivity index (χ2v) is 8.88. The van der Waals surface area contributed by atoms with Crippen LogP contribution < -0.4 is 0 Å². The van der Waals surface area contributed by atoms with E-state index in [0.717, 1.165) is 11.4 Å². The molecule has 130 valence electrons. The molecule has 0 unspecified atom stereocenters. The Morgan fingerprint density at radius 1 is 1.09 bits per heavy atom. The highest BCUT2D eigenvalue weighted by Gasteiger charge is 2.30. The molecule has 0 N–H and O–H groups in total. The van der Waals surface area contributed by atoms with E-state index in [9.17, 15) is 13.2 Å². The van der Waals surface area contributed by atoms with Gasteiger partial charge in [0.1, 0.15) is 0 Å². The first-order valence-electron chi connectivity index (χ1n) is 8.13. The van der Waals surface area contributed by atoms with E-state index in [4.69, 9.17) is 0 Å². The third kappa shape index (κ3) is 3.95. The van der Waals surface area contributed by atoms with Gasteiger partial charge in [0, 0.05) is 50.5 Å². The van der Waals surface area contributed by atoms with Gasteiger partial charge in [0.25, 0.3) is 0 Å². The van der Waals surface area contributed by atoms with Crippen LogP contribution in [-0.2, 0) is 21.4 Å². The molecular weight excluding hydrogens is 314 g/mol. The van der Waals surface area contributed by atoms with Gasteiger partial charge in [-0.25, -0.2) is 8.42 Å². The summed E-state index contributed by atoms with van der Waals surface area (Å²) in [5.41, 5.74) is 2.31. The zero-order valence-electron chi connectivity index (χ0n) is 14.4. The average molecular weight is 341 g/mol. The summed E-state index contributed by atoms with van der Waals surface area (Å²) in [6.07, 6.45) is 0.452. The van der Waals surface area contributed by atoms with Crippen molar-refractivity contribution in [3.63, 3.8) is 0 Å². The Kier molecular flexibility index (Phi) is 5.52. The molecule has 2 rings (SSSR count). The van der Waals surface area contributed by atoms with Crippen molar-refractivity contribution in [2.45, 2.75) is 45.9 Å². The molecule has 7 heteroatoms. The number of aryl methyl sites for hydroxylation is 2. The molecule has 1 aliphatic rings. The molecule has 0 atom stereocenters. The SMILES string of the molecule is Cc1ccc(C)n1CCC(=O)N1CCN(S(=O)(=O)C(C)C)CC1. The van der Waals surface area contributed by atoms with Crippen LogP contribution in [0, 0.1) is 13.8 Å². The minimum absolute atomic E-state index is 0.0964. The fourth-order valence-corrected chi connectivity index (χ4v) is 4.18. The van der Waals surface area contributed by atoms with Crippen LogP contribution >= 0.6 is 0 Å². The highest BCUT2D eigenvalue weighted by molar-refractivity contribution is 7.89. The Balaban J connectivity index is 1.87. The van der Waals surface area contributed by atoms with Crippen molar-refractivity contribution in [2.75, 3.05) is 26.2 Å². The summed E-state index contributed by atoms with van der Waals surface area (Å²) in [7, 11) is -3.22. The van der Waals surface area contributed by atoms with Crippen LogP contribution in [0.3, 0.4) is 0 Å². The lowest BCUT2D eigenvalue weighted by Gasteiger charge is -2.35. The lowest BCUT2D eigenvalue weighted by Crippen LogP contribution is -2.52. The molecule has 1 saturated heterocycles. The molecule has 0 aromatic carbocycles. The maximum absolute atomic E-state index is 12.4. The van der Waals surface area contributed by atoms with Crippen molar-refractivity contribution in [1.82, 2.24) is 13.8 Å². The summed E-state index contributed by atoms with van der Waals surface area (Å²) in [5.74, 6) is 0.0964. The fraction of sp³-hybridized carbons (Fsp3) is 0.688. The molecule has 0 radical (unpaired) electrons. The van der Waals surface area contributed by atoms with E-state index in [1.165, 1.54) is 4.31 Å². The number of piperazine rings is 1. The molecule has 0 spiro atoms. The Bertz CT molecular complexity index is 637. The number of hydrogen-bond donors (Lipinski definition) is 0. The molecule has 1 amide bonds. The number of carbonyl (C=O) groups is 1. The van der Waals surface area contributed by atoms with Crippen LogP contribution in [0.5, 0.6) is 0 Å². The predicted octanol–water partition coefficient (Wildman–Crippen LogP) is 1.38. The van der Waals surface area contributed by atoms with E-state index in [0.29, 0.717) is 39.1 Å². The second-order valence-electron chi connectivity index (χ2n) is 6.39. The van der Waals surface area contributed by atoms with Gasteiger partial charge in [-0.15, -0.1) is 0 Å². The molecule has 0 saturated carbocycles. The molecule has 1 fully saturated rings. The first kappa shape index (κ1) is 18.0. The van der Waals surface area contributed by atoms with Crippen molar-refractivity contribution in [3.8, 4) is 0 Å². The van der Waals surface area contributed by atoms with Gasteiger partial charge in [0.2, 0.25) is 15.9 Å². The van der Waals surface area contributed by atoms with Crippen molar-refractivity contribution in [2.24, 2.45) is 0 Å². The van der Waals surface area contributed by atoms with E-state index in [1.54, 1.807) is 18.7 Å². The van der Waals surface area contributed by atoms with Crippen molar-refractivity contribution < 1.29 is 13.2 Å². The van der Waals surface area contributed by atoms with Crippen molar-refractivity contribution in [1.29, 1.82) is 0 Å². The van der Waals surface area contributed by atoms with Gasteiger partial charge in [-0.3, -0.25) is 4.79 Å². The van der Waals surface area contributed by atoms with Gasteiger partial charge in [-0.2, -0.15) is 4.31 Å². The van der Waals surface area contributed by atoms with Crippen LogP contribution in [0.2, 0.25) is 0 Å². The Morgan fingerprint density at radius 3 is 2.09 bits per heavy atom. The monoisotopic (exact) mass is 341 g/mol. The number of aromatic nitrogens is 1. The van der Waals surface area contributed by atoms with Crippen molar-refractivity contribution in [3.05, 3.63) is 23.5 Å². The van der Waals surface area contributed by atoms with Crippen LogP contribution in [0.15, 0.2) is 12.1 Å². The van der Waals surface area contributed by atoms with Crippen LogP contribution in [0.1, 0.15) is 31.7 Å². The predicted molar refractivity (Wildman–Crippen MR) is 90.7 cm³/mol. The third-order valence-electron chi connectivity index (χ3n) is 4.51. The van der Waals surface area contributed by atoms with E-state index in [-0.39, 0.29) is 5.91 Å². The van der Waals surface area contributed by atoms with E-state index < -0.39 is 15.3 Å². The summed E-state index contributed by atoms with van der Waals surface area (Å²) in [5, 5.41) is -0.413. The normalized spacial score (nSPS) is 17.0. The number of sulfonamides is 1. The molecule has 6 nitrogen and oxygen atoms in total. The third-order valence-corrected chi connectivity index (χ3v) is 6.79. The van der Waals surface area contributed by atoms with Gasteiger partial charge < -0.3 is 9.47 Å². The van der Waals surface area contributed by atoms with E-state index >= 15 is 0 Å².